The molecule has 4 heteroatoms. The molecule has 0 fully saturated rings. The van der Waals surface area contributed by atoms with Gasteiger partial charge in [0.1, 0.15) is 0 Å². The molecule has 4 nitrogen and oxygen atoms in total. The third kappa shape index (κ3) is 2.98. The largest absolute Gasteiger partial charge is 0.261 e. The van der Waals surface area contributed by atoms with Gasteiger partial charge in [0.25, 0.3) is 6.08 Å². The summed E-state index contributed by atoms with van der Waals surface area (Å²) in [5.41, 5.74) is 5.80. The zero-order valence-electron chi connectivity index (χ0n) is 2.30. The van der Waals surface area contributed by atoms with Crippen LogP contribution in [0.3, 0.4) is 0 Å². The van der Waals surface area contributed by atoms with Crippen molar-refractivity contribution in [2.45, 2.75) is 0 Å². The molecule has 0 amide bonds. The van der Waals surface area contributed by atoms with Crippen molar-refractivity contribution < 1.29 is 4.79 Å². The number of isocyanates is 1. The molecule has 0 aliphatic carbocycles. The molecule has 0 rings (SSSR count). The molecule has 0 aromatic carbocycles. The van der Waals surface area contributed by atoms with Gasteiger partial charge in [-0.05, 0) is 10.3 Å². The monoisotopic (exact) mass is 71.0 g/mol. The van der Waals surface area contributed by atoms with Gasteiger partial charge in [-0.25, -0.2) is 4.79 Å². The fourth-order valence-corrected chi connectivity index (χ4v) is 0.0204. The number of nitrogens with zero attached hydrogens (tertiary/aromatic N) is 2. The lowest BCUT2D eigenvalue weighted by atomic mass is 11.6. The number of rotatable bonds is 1. The van der Waals surface area contributed by atoms with Gasteiger partial charge in [0.15, 0.2) is 0 Å². The highest BCUT2D eigenvalue weighted by Crippen LogP contribution is 1.53. The average molecular weight is 71.0 g/mol. The van der Waals surface area contributed by atoms with Crippen molar-refractivity contribution in [3.8, 4) is 0 Å². The minimum absolute atomic E-state index is 1.04. The molecule has 26 valence electrons. The molecule has 0 saturated carbocycles. The number of nitrogens with one attached hydrogen (secondary N) is 1. The molecule has 0 aromatic rings. The molecule has 0 radical (unpaired) electrons. The van der Waals surface area contributed by atoms with Crippen LogP contribution in [0.25, 0.3) is 0 Å². The molecule has 0 saturated heterocycles. The van der Waals surface area contributed by atoms with E-state index in [0.29, 0.717) is 0 Å². The molecule has 0 aromatic heterocycles. The normalized spacial score (nSPS) is 4.80. The lowest BCUT2D eigenvalue weighted by Crippen LogP contribution is -1.37. The maximum Gasteiger partial charge on any atom is 0.261 e. The molecule has 5 heavy (non-hydrogen) atoms. The molecule has 0 aliphatic heterocycles. The zero-order chi connectivity index (χ0) is 4.12. The van der Waals surface area contributed by atoms with Crippen molar-refractivity contribution in [2.24, 2.45) is 10.3 Å². The summed E-state index contributed by atoms with van der Waals surface area (Å²) in [6.07, 6.45) is 1.04. The Kier molecular flexibility index (Phi) is 2.37. The second-order valence-electron chi connectivity index (χ2n) is 0.291. The highest BCUT2D eigenvalue weighted by Gasteiger charge is 1.42. The Morgan fingerprint density at radius 3 is 2.40 bits per heavy atom. The van der Waals surface area contributed by atoms with Gasteiger partial charge in [0, 0.05) is 0 Å². The van der Waals surface area contributed by atoms with E-state index in [-0.39, 0.29) is 0 Å². The van der Waals surface area contributed by atoms with E-state index >= 15 is 0 Å². The van der Waals surface area contributed by atoms with Gasteiger partial charge in [0.05, 0.1) is 0 Å². The van der Waals surface area contributed by atoms with E-state index in [1.165, 1.54) is 0 Å². The van der Waals surface area contributed by atoms with Crippen LogP contribution in [-0.2, 0) is 4.79 Å². The van der Waals surface area contributed by atoms with Crippen LogP contribution in [0, 0.1) is 5.53 Å². The summed E-state index contributed by atoms with van der Waals surface area (Å²) >= 11 is 0. The van der Waals surface area contributed by atoms with Gasteiger partial charge < -0.3 is 0 Å². The predicted octanol–water partition coefficient (Wildman–Crippen LogP) is 0.268. The Morgan fingerprint density at radius 1 is 1.80 bits per heavy atom. The molecule has 0 bridgehead atoms. The van der Waals surface area contributed by atoms with E-state index < -0.39 is 0 Å². The van der Waals surface area contributed by atoms with Gasteiger partial charge in [-0.3, -0.25) is 0 Å². The van der Waals surface area contributed by atoms with Crippen molar-refractivity contribution in [1.29, 1.82) is 5.53 Å². The number of carbonyl (C=O) groups excluding carboxylic acids is 1. The van der Waals surface area contributed by atoms with Crippen molar-refractivity contribution in [3.63, 3.8) is 0 Å². The lowest BCUT2D eigenvalue weighted by molar-refractivity contribution is 0.562. The summed E-state index contributed by atoms with van der Waals surface area (Å²) in [5, 5.41) is 4.76. The standard InChI is InChI=1S/CHN3O/c2-4-3-1-5/h2H. The summed E-state index contributed by atoms with van der Waals surface area (Å²) in [7, 11) is 0. The van der Waals surface area contributed by atoms with E-state index in [1.54, 1.807) is 0 Å². The smallest absolute Gasteiger partial charge is 0.209 e. The molecular formula is CHN3O. The van der Waals surface area contributed by atoms with E-state index in [1.807, 2.05) is 0 Å². The minimum Gasteiger partial charge on any atom is -0.209 e. The summed E-state index contributed by atoms with van der Waals surface area (Å²) < 4.78 is 0. The minimum atomic E-state index is 1.04. The van der Waals surface area contributed by atoms with Gasteiger partial charge >= 0.3 is 0 Å². The SMILES string of the molecule is N=NN=C=O. The van der Waals surface area contributed by atoms with Crippen LogP contribution in [-0.4, -0.2) is 6.08 Å². The summed E-state index contributed by atoms with van der Waals surface area (Å²) in [4.78, 5) is 8.90. The van der Waals surface area contributed by atoms with Gasteiger partial charge in [-0.2, -0.15) is 5.53 Å². The fourth-order valence-electron chi connectivity index (χ4n) is 0.0204. The second-order valence-corrected chi connectivity index (χ2v) is 0.291. The molecule has 0 heterocycles. The topological polar surface area (TPSA) is 65.6 Å². The Morgan fingerprint density at radius 2 is 2.40 bits per heavy atom. The fraction of sp³-hybridized carbons (Fsp3) is 0. The number of hydrogen-bond donors (Lipinski definition) is 1. The average Bonchev–Trinajstić information content (AvgIpc) is 1.41. The first-order chi connectivity index (χ1) is 2.41. The van der Waals surface area contributed by atoms with Crippen LogP contribution in [0.15, 0.2) is 10.3 Å². The maximum absolute atomic E-state index is 8.90. The first-order valence-corrected chi connectivity index (χ1v) is 0.851. The van der Waals surface area contributed by atoms with Crippen LogP contribution >= 0.6 is 0 Å². The molecule has 0 unspecified atom stereocenters. The highest BCUT2D eigenvalue weighted by molar-refractivity contribution is 5.31. The van der Waals surface area contributed by atoms with Crippen molar-refractivity contribution in [2.75, 3.05) is 0 Å². The molecule has 0 aliphatic rings. The van der Waals surface area contributed by atoms with E-state index in [2.05, 4.69) is 10.3 Å². The lowest BCUT2D eigenvalue weighted by Gasteiger charge is -1.43. The van der Waals surface area contributed by atoms with Gasteiger partial charge in [-0.1, -0.05) is 0 Å². The van der Waals surface area contributed by atoms with Crippen molar-refractivity contribution >= 4 is 6.08 Å². The van der Waals surface area contributed by atoms with E-state index in [9.17, 15) is 0 Å². The summed E-state index contributed by atoms with van der Waals surface area (Å²) in [5.74, 6) is 0. The summed E-state index contributed by atoms with van der Waals surface area (Å²) in [6, 6.07) is 0. The Balaban J connectivity index is 3.31. The van der Waals surface area contributed by atoms with Crippen molar-refractivity contribution in [1.82, 2.24) is 0 Å². The third-order valence-electron chi connectivity index (χ3n) is 0.0908. The van der Waals surface area contributed by atoms with E-state index in [0.717, 1.165) is 6.08 Å². The van der Waals surface area contributed by atoms with Crippen LogP contribution in [0.5, 0.6) is 0 Å². The van der Waals surface area contributed by atoms with Gasteiger partial charge in [-0.15, -0.1) is 0 Å². The maximum atomic E-state index is 8.90. The van der Waals surface area contributed by atoms with Crippen LogP contribution in [0.2, 0.25) is 0 Å². The van der Waals surface area contributed by atoms with Crippen molar-refractivity contribution in [3.05, 3.63) is 0 Å². The van der Waals surface area contributed by atoms with Crippen LogP contribution in [0.1, 0.15) is 0 Å². The van der Waals surface area contributed by atoms with Crippen LogP contribution in [0.4, 0.5) is 0 Å². The highest BCUT2D eigenvalue weighted by atomic mass is 16.1. The third-order valence-corrected chi connectivity index (χ3v) is 0.0908. The number of hydrogen-bond acceptors (Lipinski definition) is 3. The van der Waals surface area contributed by atoms with Gasteiger partial charge in [0.2, 0.25) is 0 Å². The molecular weight excluding hydrogens is 70.0 g/mol. The molecule has 0 atom stereocenters. The Hall–Kier alpha value is -1.02. The zero-order valence-corrected chi connectivity index (χ0v) is 2.30. The molecule has 1 N–H and O–H groups in total. The summed E-state index contributed by atoms with van der Waals surface area (Å²) in [6.45, 7) is 0. The quantitative estimate of drug-likeness (QED) is 0.205. The second kappa shape index (κ2) is 2.98. The predicted molar refractivity (Wildman–Crippen MR) is 13.3 cm³/mol. The Labute approximate surface area is 28.0 Å². The first-order valence-electron chi connectivity index (χ1n) is 0.851. The molecule has 0 spiro atoms. The Bertz CT molecular complexity index is 71.0. The first kappa shape index (κ1) is 3.98. The van der Waals surface area contributed by atoms with E-state index in [4.69, 9.17) is 10.3 Å². The van der Waals surface area contributed by atoms with Crippen LogP contribution < -0.4 is 0 Å².